The lowest BCUT2D eigenvalue weighted by Gasteiger charge is -2.26. The second kappa shape index (κ2) is 13.3. The van der Waals surface area contributed by atoms with Crippen LogP contribution in [0.3, 0.4) is 0 Å². The summed E-state index contributed by atoms with van der Waals surface area (Å²) in [5.41, 5.74) is 1.20. The zero-order valence-corrected chi connectivity index (χ0v) is 16.1. The van der Waals surface area contributed by atoms with Gasteiger partial charge < -0.3 is 14.2 Å². The minimum absolute atomic E-state index is 0.0391. The van der Waals surface area contributed by atoms with Crippen molar-refractivity contribution >= 4 is 0 Å². The maximum absolute atomic E-state index is 5.84. The highest BCUT2D eigenvalue weighted by Crippen LogP contribution is 2.35. The molecule has 1 unspecified atom stereocenters. The van der Waals surface area contributed by atoms with E-state index in [9.17, 15) is 0 Å². The van der Waals surface area contributed by atoms with Crippen molar-refractivity contribution in [1.82, 2.24) is 4.90 Å². The summed E-state index contributed by atoms with van der Waals surface area (Å²) < 4.78 is 17.0. The van der Waals surface area contributed by atoms with Crippen molar-refractivity contribution < 1.29 is 14.2 Å². The zero-order chi connectivity index (χ0) is 21.5. The predicted octanol–water partition coefficient (Wildman–Crippen LogP) is 1.95. The van der Waals surface area contributed by atoms with Gasteiger partial charge in [-0.05, 0) is 6.07 Å². The van der Waals surface area contributed by atoms with Crippen LogP contribution in [0.25, 0.3) is 0 Å². The fourth-order valence-electron chi connectivity index (χ4n) is 2.50. The van der Waals surface area contributed by atoms with Crippen molar-refractivity contribution in [3.8, 4) is 85.6 Å². The van der Waals surface area contributed by atoms with Gasteiger partial charge in [0, 0.05) is 23.7 Å². The molecule has 0 aliphatic carbocycles. The van der Waals surface area contributed by atoms with Crippen LogP contribution in [0.2, 0.25) is 0 Å². The Bertz CT molecular complexity index is 919. The maximum Gasteiger partial charge on any atom is 0.163 e. The number of hydrogen-bond acceptors (Lipinski definition) is 4. The summed E-state index contributed by atoms with van der Waals surface area (Å²) in [5.74, 6) is 15.8. The van der Waals surface area contributed by atoms with Crippen LogP contribution in [0.1, 0.15) is 17.2 Å². The molecular weight excluding hydrogens is 362 g/mol. The quantitative estimate of drug-likeness (QED) is 0.547. The smallest absolute Gasteiger partial charge is 0.163 e. The van der Waals surface area contributed by atoms with Crippen molar-refractivity contribution in [1.29, 1.82) is 0 Å². The van der Waals surface area contributed by atoms with Gasteiger partial charge in [-0.1, -0.05) is 35.5 Å². The van der Waals surface area contributed by atoms with Gasteiger partial charge in [-0.15, -0.1) is 38.5 Å². The molecule has 0 N–H and O–H groups in total. The molecule has 0 radical (unpaired) electrons. The van der Waals surface area contributed by atoms with E-state index in [-0.39, 0.29) is 19.8 Å². The number of rotatable bonds is 11. The minimum Gasteiger partial charge on any atom is -0.477 e. The van der Waals surface area contributed by atoms with E-state index in [2.05, 4.69) is 35.5 Å². The summed E-state index contributed by atoms with van der Waals surface area (Å²) >= 11 is 0. The molecule has 0 saturated heterocycles. The summed E-state index contributed by atoms with van der Waals surface area (Å²) in [4.78, 5) is 1.87. The van der Waals surface area contributed by atoms with Crippen LogP contribution < -0.4 is 9.47 Å². The van der Waals surface area contributed by atoms with Crippen LogP contribution in [-0.4, -0.2) is 44.4 Å². The Morgan fingerprint density at radius 1 is 0.759 bits per heavy atom. The molecule has 1 aromatic carbocycles. The van der Waals surface area contributed by atoms with Gasteiger partial charge in [0.05, 0.1) is 19.2 Å². The lowest BCUT2D eigenvalue weighted by atomic mass is 10.0. The number of hydrogen-bond donors (Lipinski definition) is 0. The average molecular weight is 383 g/mol. The molecule has 0 saturated carbocycles. The second-order valence-corrected chi connectivity index (χ2v) is 5.60. The second-order valence-electron chi connectivity index (χ2n) is 5.60. The molecule has 0 bridgehead atoms. The summed E-state index contributed by atoms with van der Waals surface area (Å²) in [6.07, 6.45) is 32.0. The molecule has 0 fully saturated rings. The molecule has 4 nitrogen and oxygen atoms in total. The summed E-state index contributed by atoms with van der Waals surface area (Å²) in [6, 6.07) is 3.36. The molecule has 1 aromatic rings. The highest BCUT2D eigenvalue weighted by Gasteiger charge is 2.22. The van der Waals surface area contributed by atoms with E-state index in [0.29, 0.717) is 42.3 Å². The molecule has 0 aromatic heterocycles. The number of nitrogens with zero attached hydrogens (tertiary/aromatic N) is 1. The van der Waals surface area contributed by atoms with Gasteiger partial charge >= 0.3 is 0 Å². The van der Waals surface area contributed by atoms with Gasteiger partial charge in [-0.25, -0.2) is 0 Å². The van der Waals surface area contributed by atoms with E-state index < -0.39 is 6.10 Å². The van der Waals surface area contributed by atoms with Crippen LogP contribution in [0, 0.1) is 74.1 Å². The first-order valence-corrected chi connectivity index (χ1v) is 8.56. The molecule has 4 heteroatoms. The number of ether oxygens (including phenoxy) is 3. The van der Waals surface area contributed by atoms with Gasteiger partial charge in [-0.2, -0.15) is 0 Å². The molecule has 0 aliphatic rings. The molecule has 0 amide bonds. The first kappa shape index (κ1) is 23.1. The number of terminal acetylenes is 6. The van der Waals surface area contributed by atoms with Crippen molar-refractivity contribution in [3.63, 3.8) is 0 Å². The molecule has 29 heavy (non-hydrogen) atoms. The first-order valence-electron chi connectivity index (χ1n) is 8.56. The Kier molecular flexibility index (Phi) is 10.6. The molecular formula is C25H21NO3. The monoisotopic (exact) mass is 383 g/mol. The number of benzene rings is 1. The third-order valence-corrected chi connectivity index (χ3v) is 3.66. The Labute approximate surface area is 173 Å². The topological polar surface area (TPSA) is 30.9 Å². The third-order valence-electron chi connectivity index (χ3n) is 3.66. The summed E-state index contributed by atoms with van der Waals surface area (Å²) in [6.45, 7) is 1.22. The fraction of sp³-hybridized carbons (Fsp3) is 0.280. The molecule has 144 valence electrons. The standard InChI is InChI=1S/C25H21NO3/c1-7-13-26(14-8-2)20-25(29-17-11-5)22-19-24(28-16-10-4)23(27-15-9-3)18-21(22)12-6/h1-6,18-19,25H,13-17,20H2. The predicted molar refractivity (Wildman–Crippen MR) is 115 cm³/mol. The lowest BCUT2D eigenvalue weighted by molar-refractivity contribution is 0.0508. The van der Waals surface area contributed by atoms with Crippen LogP contribution in [0.5, 0.6) is 11.5 Å². The van der Waals surface area contributed by atoms with Gasteiger partial charge in [0.25, 0.3) is 0 Å². The summed E-state index contributed by atoms with van der Waals surface area (Å²) in [5, 5.41) is 0. The van der Waals surface area contributed by atoms with Gasteiger partial charge in [-0.3, -0.25) is 4.90 Å². The zero-order valence-electron chi connectivity index (χ0n) is 16.1. The molecule has 1 rings (SSSR count). The molecule has 1 atom stereocenters. The average Bonchev–Trinajstić information content (AvgIpc) is 2.73. The fourth-order valence-corrected chi connectivity index (χ4v) is 2.50. The Morgan fingerprint density at radius 3 is 1.79 bits per heavy atom. The van der Waals surface area contributed by atoms with Crippen LogP contribution in [-0.2, 0) is 4.74 Å². The van der Waals surface area contributed by atoms with Gasteiger partial charge in [0.2, 0.25) is 0 Å². The van der Waals surface area contributed by atoms with Crippen LogP contribution in [0.15, 0.2) is 12.1 Å². The Balaban J connectivity index is 3.41. The Morgan fingerprint density at radius 2 is 1.31 bits per heavy atom. The largest absolute Gasteiger partial charge is 0.477 e. The van der Waals surface area contributed by atoms with E-state index in [1.54, 1.807) is 12.1 Å². The first-order chi connectivity index (χ1) is 14.1. The van der Waals surface area contributed by atoms with E-state index >= 15 is 0 Å². The molecule has 0 spiro atoms. The van der Waals surface area contributed by atoms with Crippen molar-refractivity contribution in [2.75, 3.05) is 39.5 Å². The van der Waals surface area contributed by atoms with E-state index in [1.807, 2.05) is 4.90 Å². The normalized spacial score (nSPS) is 10.3. The van der Waals surface area contributed by atoms with Crippen molar-refractivity contribution in [2.24, 2.45) is 0 Å². The Hall–Kier alpha value is -3.90. The van der Waals surface area contributed by atoms with Crippen molar-refractivity contribution in [3.05, 3.63) is 23.3 Å². The van der Waals surface area contributed by atoms with Gasteiger partial charge in [0.15, 0.2) is 11.5 Å². The third kappa shape index (κ3) is 7.32. The van der Waals surface area contributed by atoms with Crippen LogP contribution in [0.4, 0.5) is 0 Å². The summed E-state index contributed by atoms with van der Waals surface area (Å²) in [7, 11) is 0. The van der Waals surface area contributed by atoms with E-state index in [1.165, 1.54) is 0 Å². The SMILES string of the molecule is C#CCOc1cc(C#C)c(C(CN(CC#C)CC#C)OCC#C)cc1OCC#C. The minimum atomic E-state index is -0.506. The van der Waals surface area contributed by atoms with E-state index in [4.69, 9.17) is 52.8 Å². The highest BCUT2D eigenvalue weighted by molar-refractivity contribution is 5.54. The molecule has 0 aliphatic heterocycles. The van der Waals surface area contributed by atoms with Crippen LogP contribution >= 0.6 is 0 Å². The molecule has 0 heterocycles. The maximum atomic E-state index is 5.84. The van der Waals surface area contributed by atoms with Crippen molar-refractivity contribution in [2.45, 2.75) is 6.10 Å². The highest BCUT2D eigenvalue weighted by atomic mass is 16.5. The lowest BCUT2D eigenvalue weighted by Crippen LogP contribution is -2.31. The van der Waals surface area contributed by atoms with E-state index in [0.717, 1.165) is 0 Å². The van der Waals surface area contributed by atoms with Gasteiger partial charge in [0.1, 0.15) is 19.8 Å².